The second-order valence-electron chi connectivity index (χ2n) is 13.6. The van der Waals surface area contributed by atoms with Crippen molar-refractivity contribution < 1.29 is 22.8 Å². The van der Waals surface area contributed by atoms with Gasteiger partial charge in [-0.05, 0) is 69.0 Å². The van der Waals surface area contributed by atoms with Crippen LogP contribution in [0.1, 0.15) is 76.8 Å². The highest BCUT2D eigenvalue weighted by Gasteiger charge is 2.60. The van der Waals surface area contributed by atoms with Gasteiger partial charge in [0.25, 0.3) is 0 Å². The molecule has 3 heterocycles. The van der Waals surface area contributed by atoms with Gasteiger partial charge < -0.3 is 14.9 Å². The summed E-state index contributed by atoms with van der Waals surface area (Å²) >= 11 is 12.7. The van der Waals surface area contributed by atoms with Crippen molar-refractivity contribution in [2.24, 2.45) is 4.99 Å². The Kier molecular flexibility index (Phi) is 10.1. The zero-order valence-corrected chi connectivity index (χ0v) is 30.7. The maximum atomic E-state index is 13.8. The van der Waals surface area contributed by atoms with Gasteiger partial charge in [-0.2, -0.15) is 5.06 Å². The molecule has 2 atom stereocenters. The van der Waals surface area contributed by atoms with E-state index >= 15 is 0 Å². The van der Waals surface area contributed by atoms with Crippen LogP contribution >= 0.6 is 23.2 Å². The Hall–Kier alpha value is -3.38. The summed E-state index contributed by atoms with van der Waals surface area (Å²) in [5.41, 5.74) is 0.600. The number of amides is 1. The van der Waals surface area contributed by atoms with Gasteiger partial charge in [0, 0.05) is 52.5 Å². The van der Waals surface area contributed by atoms with Crippen LogP contribution in [0.3, 0.4) is 0 Å². The first-order valence-corrected chi connectivity index (χ1v) is 18.6. The SMILES string of the molecule is CCOc1cc(C(C)(C)C)ncc1C1=N[C@@](C)(c2ccc(Cl)cc2)[C@@](C)(c2ccc(Cl)cc2)N1OC(=O)NC1CCN(S(C)(=O)=O)CC1. The van der Waals surface area contributed by atoms with Crippen molar-refractivity contribution in [1.82, 2.24) is 19.7 Å². The Balaban J connectivity index is 1.64. The van der Waals surface area contributed by atoms with Crippen LogP contribution in [0.4, 0.5) is 4.79 Å². The summed E-state index contributed by atoms with van der Waals surface area (Å²) in [4.78, 5) is 30.3. The minimum atomic E-state index is -3.32. The van der Waals surface area contributed by atoms with E-state index in [9.17, 15) is 13.2 Å². The number of nitrogens with zero attached hydrogens (tertiary/aromatic N) is 4. The first-order valence-electron chi connectivity index (χ1n) is 16.0. The molecule has 0 aliphatic carbocycles. The van der Waals surface area contributed by atoms with Gasteiger partial charge in [0.2, 0.25) is 10.0 Å². The number of carbonyl (C=O) groups is 1. The molecule has 2 aliphatic rings. The standard InChI is InChI=1S/C35H43Cl2N5O5S/c1-8-46-29-21-30(33(2,3)4)38-22-28(29)31-40-34(5,23-9-13-25(36)14-10-23)35(6,24-11-15-26(37)16-12-24)42(31)47-32(43)39-27-17-19-41(20-18-27)48(7,44)45/h9-16,21-22,27H,8,17-20H2,1-7H3,(H,39,43)/t34-,35+/m0/s1. The number of carbonyl (C=O) groups excluding carboxylic acids is 1. The molecule has 0 spiro atoms. The van der Waals surface area contributed by atoms with Gasteiger partial charge in [-0.1, -0.05) is 68.2 Å². The van der Waals surface area contributed by atoms with E-state index in [1.54, 1.807) is 23.4 Å². The average molecular weight is 717 g/mol. The van der Waals surface area contributed by atoms with Crippen molar-refractivity contribution >= 4 is 45.2 Å². The molecule has 1 aromatic heterocycles. The number of amidine groups is 1. The van der Waals surface area contributed by atoms with E-state index in [1.165, 1.54) is 10.6 Å². The third kappa shape index (κ3) is 7.01. The van der Waals surface area contributed by atoms with Crippen molar-refractivity contribution in [2.45, 2.75) is 76.9 Å². The maximum Gasteiger partial charge on any atom is 0.431 e. The predicted molar refractivity (Wildman–Crippen MR) is 189 cm³/mol. The lowest BCUT2D eigenvalue weighted by molar-refractivity contribution is -0.123. The number of halogens is 2. The molecule has 0 saturated carbocycles. The van der Waals surface area contributed by atoms with Crippen LogP contribution in [-0.4, -0.2) is 66.7 Å². The smallest absolute Gasteiger partial charge is 0.431 e. The molecule has 258 valence electrons. The van der Waals surface area contributed by atoms with Crippen molar-refractivity contribution in [2.75, 3.05) is 26.0 Å². The van der Waals surface area contributed by atoms with Crippen molar-refractivity contribution in [3.8, 4) is 5.75 Å². The Morgan fingerprint density at radius 2 is 1.56 bits per heavy atom. The molecule has 3 aromatic rings. The molecule has 1 N–H and O–H groups in total. The number of sulfonamides is 1. The molecular formula is C35H43Cl2N5O5S. The van der Waals surface area contributed by atoms with E-state index in [4.69, 9.17) is 42.8 Å². The normalized spacial score (nSPS) is 22.4. The highest BCUT2D eigenvalue weighted by Crippen LogP contribution is 2.53. The number of hydrogen-bond donors (Lipinski definition) is 1. The monoisotopic (exact) mass is 715 g/mol. The number of aliphatic imine (C=N–C) groups is 1. The third-order valence-electron chi connectivity index (χ3n) is 9.28. The molecule has 1 saturated heterocycles. The summed E-state index contributed by atoms with van der Waals surface area (Å²) in [7, 11) is -3.32. The predicted octanol–water partition coefficient (Wildman–Crippen LogP) is 7.04. The average Bonchev–Trinajstić information content (AvgIpc) is 3.24. The summed E-state index contributed by atoms with van der Waals surface area (Å²) in [6, 6.07) is 16.5. The number of nitrogens with one attached hydrogen (secondary N) is 1. The number of hydrogen-bond acceptors (Lipinski definition) is 8. The number of aromatic nitrogens is 1. The number of ether oxygens (including phenoxy) is 1. The first-order chi connectivity index (χ1) is 22.5. The van der Waals surface area contributed by atoms with E-state index in [-0.39, 0.29) is 11.5 Å². The minimum Gasteiger partial charge on any atom is -0.493 e. The molecule has 0 unspecified atom stereocenters. The Labute approximate surface area is 293 Å². The third-order valence-corrected chi connectivity index (χ3v) is 11.1. The fourth-order valence-electron chi connectivity index (χ4n) is 6.27. The second kappa shape index (κ2) is 13.5. The van der Waals surface area contributed by atoms with Crippen LogP contribution in [0.25, 0.3) is 0 Å². The molecule has 13 heteroatoms. The highest BCUT2D eigenvalue weighted by atomic mass is 35.5. The second-order valence-corrected chi connectivity index (χ2v) is 16.5. The topological polar surface area (TPSA) is 113 Å². The lowest BCUT2D eigenvalue weighted by atomic mass is 9.71. The number of rotatable bonds is 8. The van der Waals surface area contributed by atoms with Crippen molar-refractivity contribution in [1.29, 1.82) is 0 Å². The van der Waals surface area contributed by atoms with Gasteiger partial charge in [-0.3, -0.25) is 9.98 Å². The largest absolute Gasteiger partial charge is 0.493 e. The fourth-order valence-corrected chi connectivity index (χ4v) is 7.40. The summed E-state index contributed by atoms with van der Waals surface area (Å²) < 4.78 is 31.7. The van der Waals surface area contributed by atoms with Crippen molar-refractivity contribution in [3.05, 3.63) is 93.2 Å². The van der Waals surface area contributed by atoms with E-state index in [0.717, 1.165) is 16.8 Å². The molecule has 0 bridgehead atoms. The highest BCUT2D eigenvalue weighted by molar-refractivity contribution is 7.88. The Morgan fingerprint density at radius 1 is 1.00 bits per heavy atom. The van der Waals surface area contributed by atoms with E-state index in [1.807, 2.05) is 63.2 Å². The van der Waals surface area contributed by atoms with Gasteiger partial charge in [-0.15, -0.1) is 0 Å². The number of benzene rings is 2. The van der Waals surface area contributed by atoms with Gasteiger partial charge in [0.05, 0.1) is 18.4 Å². The summed E-state index contributed by atoms with van der Waals surface area (Å²) in [5.74, 6) is 0.903. The van der Waals surface area contributed by atoms with E-state index in [2.05, 4.69) is 26.1 Å². The first kappa shape index (κ1) is 35.9. The molecule has 5 rings (SSSR count). The van der Waals surface area contributed by atoms with E-state index in [0.29, 0.717) is 59.7 Å². The zero-order chi connectivity index (χ0) is 35.1. The number of pyridine rings is 1. The lowest BCUT2D eigenvalue weighted by Crippen LogP contribution is -2.55. The van der Waals surface area contributed by atoms with Crippen LogP contribution in [0.15, 0.2) is 65.8 Å². The van der Waals surface area contributed by atoms with Gasteiger partial charge in [-0.25, -0.2) is 17.5 Å². The fraction of sp³-hybridized carbons (Fsp3) is 0.457. The van der Waals surface area contributed by atoms with Gasteiger partial charge in [0.1, 0.15) is 16.8 Å². The lowest BCUT2D eigenvalue weighted by Gasteiger charge is -2.44. The van der Waals surface area contributed by atoms with E-state index < -0.39 is 27.2 Å². The number of hydroxylamine groups is 2. The molecule has 1 amide bonds. The van der Waals surface area contributed by atoms with Crippen LogP contribution in [-0.2, 0) is 31.4 Å². The molecule has 2 aliphatic heterocycles. The van der Waals surface area contributed by atoms with Crippen LogP contribution in [0.2, 0.25) is 10.0 Å². The Bertz CT molecular complexity index is 1790. The minimum absolute atomic E-state index is 0.250. The molecule has 10 nitrogen and oxygen atoms in total. The maximum absolute atomic E-state index is 13.8. The molecule has 48 heavy (non-hydrogen) atoms. The summed E-state index contributed by atoms with van der Waals surface area (Å²) in [6.45, 7) is 13.1. The molecule has 1 fully saturated rings. The Morgan fingerprint density at radius 3 is 2.08 bits per heavy atom. The molecular weight excluding hydrogens is 673 g/mol. The molecule has 2 aromatic carbocycles. The molecule has 0 radical (unpaired) electrons. The van der Waals surface area contributed by atoms with Crippen LogP contribution < -0.4 is 10.1 Å². The summed E-state index contributed by atoms with van der Waals surface area (Å²) in [5, 5.41) is 5.64. The number of piperidine rings is 1. The van der Waals surface area contributed by atoms with Crippen molar-refractivity contribution in [3.63, 3.8) is 0 Å². The van der Waals surface area contributed by atoms with Crippen LogP contribution in [0.5, 0.6) is 5.75 Å². The summed E-state index contributed by atoms with van der Waals surface area (Å²) in [6.07, 6.45) is 3.12. The van der Waals surface area contributed by atoms with Gasteiger partial charge >= 0.3 is 6.09 Å². The quantitative estimate of drug-likeness (QED) is 0.266. The van der Waals surface area contributed by atoms with Gasteiger partial charge in [0.15, 0.2) is 5.84 Å². The van der Waals surface area contributed by atoms with Crippen LogP contribution in [0, 0.1) is 0 Å². The zero-order valence-electron chi connectivity index (χ0n) is 28.4.